The molecule has 0 radical (unpaired) electrons. The molecule has 1 heterocycles. The molecule has 0 spiro atoms. The first-order valence-electron chi connectivity index (χ1n) is 10.0. The average molecular weight is 376 g/mol. The van der Waals surface area contributed by atoms with Gasteiger partial charge in [-0.05, 0) is 70.6 Å². The average Bonchev–Trinajstić information content (AvgIpc) is 3.35. The Morgan fingerprint density at radius 2 is 1.79 bits per heavy atom. The van der Waals surface area contributed by atoms with E-state index >= 15 is 0 Å². The molecule has 0 aliphatic heterocycles. The fourth-order valence-electron chi connectivity index (χ4n) is 4.05. The Labute approximate surface area is 167 Å². The molecule has 2 aromatic carbocycles. The van der Waals surface area contributed by atoms with Crippen LogP contribution in [0.2, 0.25) is 0 Å². The molecule has 1 fully saturated rings. The van der Waals surface area contributed by atoms with Crippen molar-refractivity contribution in [2.45, 2.75) is 38.6 Å². The number of fused-ring (bicyclic) bond motifs is 1. The number of rotatable bonds is 6. The summed E-state index contributed by atoms with van der Waals surface area (Å²) in [4.78, 5) is 15.3. The third-order valence-electron chi connectivity index (χ3n) is 5.78. The second kappa shape index (κ2) is 7.10. The highest BCUT2D eigenvalue weighted by atomic mass is 16.2. The molecule has 1 saturated carbocycles. The number of aromatic nitrogens is 1. The van der Waals surface area contributed by atoms with Crippen LogP contribution in [0.4, 0.5) is 5.69 Å². The number of nitrogens with zero attached hydrogens (tertiary/aromatic N) is 2. The van der Waals surface area contributed by atoms with Gasteiger partial charge in [-0.2, -0.15) is 0 Å². The standard InChI is InChI=1S/C24H29N3O/c1-17-13-18(2)15-20(14-17)24(8-9-24)23(28)25-21-5-6-22-19(16-21)7-10-27(22)12-11-26(3)4/h5-7,10,13-16H,8-9,11-12H2,1-4H3,(H,25,28). The van der Waals surface area contributed by atoms with Crippen molar-refractivity contribution in [1.82, 2.24) is 9.47 Å². The SMILES string of the molecule is Cc1cc(C)cc(C2(C(=O)Nc3ccc4c(ccn4CCN(C)C)c3)CC2)c1. The van der Waals surface area contributed by atoms with Gasteiger partial charge in [0, 0.05) is 35.9 Å². The fourth-order valence-corrected chi connectivity index (χ4v) is 4.05. The molecule has 4 nitrogen and oxygen atoms in total. The molecule has 0 saturated heterocycles. The van der Waals surface area contributed by atoms with Crippen LogP contribution in [0.15, 0.2) is 48.7 Å². The molecule has 4 rings (SSSR count). The van der Waals surface area contributed by atoms with Crippen molar-refractivity contribution >= 4 is 22.5 Å². The molecular formula is C24H29N3O. The second-order valence-electron chi connectivity index (χ2n) is 8.50. The number of nitrogens with one attached hydrogen (secondary N) is 1. The molecule has 1 aromatic heterocycles. The lowest BCUT2D eigenvalue weighted by Crippen LogP contribution is -2.28. The minimum Gasteiger partial charge on any atom is -0.346 e. The molecule has 1 aliphatic carbocycles. The van der Waals surface area contributed by atoms with E-state index in [1.807, 2.05) is 6.07 Å². The van der Waals surface area contributed by atoms with E-state index in [4.69, 9.17) is 0 Å². The molecule has 3 aromatic rings. The predicted molar refractivity (Wildman–Crippen MR) is 116 cm³/mol. The molecule has 4 heteroatoms. The van der Waals surface area contributed by atoms with E-state index < -0.39 is 0 Å². The van der Waals surface area contributed by atoms with E-state index in [9.17, 15) is 4.79 Å². The Morgan fingerprint density at radius 3 is 2.43 bits per heavy atom. The van der Waals surface area contributed by atoms with Gasteiger partial charge in [-0.15, -0.1) is 0 Å². The Morgan fingerprint density at radius 1 is 1.07 bits per heavy atom. The summed E-state index contributed by atoms with van der Waals surface area (Å²) in [5, 5.41) is 4.34. The lowest BCUT2D eigenvalue weighted by molar-refractivity contribution is -0.118. The summed E-state index contributed by atoms with van der Waals surface area (Å²) in [6, 6.07) is 14.8. The number of hydrogen-bond acceptors (Lipinski definition) is 2. The minimum absolute atomic E-state index is 0.115. The lowest BCUT2D eigenvalue weighted by atomic mass is 9.92. The number of anilines is 1. The predicted octanol–water partition coefficient (Wildman–Crippen LogP) is 4.49. The molecule has 146 valence electrons. The van der Waals surface area contributed by atoms with Gasteiger partial charge in [-0.3, -0.25) is 4.79 Å². The van der Waals surface area contributed by atoms with Gasteiger partial charge in [0.1, 0.15) is 0 Å². The number of amides is 1. The minimum atomic E-state index is -0.358. The van der Waals surface area contributed by atoms with Crippen LogP contribution < -0.4 is 5.32 Å². The van der Waals surface area contributed by atoms with E-state index in [2.05, 4.69) is 85.3 Å². The largest absolute Gasteiger partial charge is 0.346 e. The van der Waals surface area contributed by atoms with Crippen molar-refractivity contribution in [3.63, 3.8) is 0 Å². The number of hydrogen-bond donors (Lipinski definition) is 1. The number of benzene rings is 2. The zero-order chi connectivity index (χ0) is 19.9. The molecule has 0 unspecified atom stereocenters. The van der Waals surface area contributed by atoms with Crippen LogP contribution in [0.25, 0.3) is 10.9 Å². The van der Waals surface area contributed by atoms with Crippen molar-refractivity contribution in [2.75, 3.05) is 26.0 Å². The third-order valence-corrected chi connectivity index (χ3v) is 5.78. The number of aryl methyl sites for hydroxylation is 2. The van der Waals surface area contributed by atoms with Crippen molar-refractivity contribution in [3.05, 3.63) is 65.4 Å². The van der Waals surface area contributed by atoms with Gasteiger partial charge in [-0.1, -0.05) is 29.3 Å². The lowest BCUT2D eigenvalue weighted by Gasteiger charge is -2.17. The van der Waals surface area contributed by atoms with Crippen LogP contribution in [-0.2, 0) is 16.8 Å². The Balaban J connectivity index is 1.54. The van der Waals surface area contributed by atoms with Gasteiger partial charge in [0.2, 0.25) is 5.91 Å². The van der Waals surface area contributed by atoms with Crippen molar-refractivity contribution in [2.24, 2.45) is 0 Å². The van der Waals surface area contributed by atoms with Gasteiger partial charge in [0.05, 0.1) is 5.41 Å². The monoisotopic (exact) mass is 375 g/mol. The second-order valence-corrected chi connectivity index (χ2v) is 8.50. The van der Waals surface area contributed by atoms with Crippen LogP contribution in [-0.4, -0.2) is 36.0 Å². The zero-order valence-corrected chi connectivity index (χ0v) is 17.2. The van der Waals surface area contributed by atoms with Crippen LogP contribution in [0.3, 0.4) is 0 Å². The number of carbonyl (C=O) groups excluding carboxylic acids is 1. The maximum absolute atomic E-state index is 13.1. The maximum atomic E-state index is 13.1. The van der Waals surface area contributed by atoms with E-state index in [0.29, 0.717) is 0 Å². The smallest absolute Gasteiger partial charge is 0.235 e. The zero-order valence-electron chi connectivity index (χ0n) is 17.2. The highest BCUT2D eigenvalue weighted by molar-refractivity contribution is 6.02. The highest BCUT2D eigenvalue weighted by Gasteiger charge is 2.51. The summed E-state index contributed by atoms with van der Waals surface area (Å²) in [5.74, 6) is 0.115. The fraction of sp³-hybridized carbons (Fsp3) is 0.375. The van der Waals surface area contributed by atoms with Gasteiger partial charge in [0.25, 0.3) is 0 Å². The summed E-state index contributed by atoms with van der Waals surface area (Å²) in [5.41, 5.74) is 5.31. The van der Waals surface area contributed by atoms with Gasteiger partial charge in [0.15, 0.2) is 0 Å². The first-order chi connectivity index (χ1) is 13.4. The molecule has 1 aliphatic rings. The van der Waals surface area contributed by atoms with Gasteiger partial charge in [-0.25, -0.2) is 0 Å². The van der Waals surface area contributed by atoms with Crippen molar-refractivity contribution in [3.8, 4) is 0 Å². The van der Waals surface area contributed by atoms with E-state index in [1.54, 1.807) is 0 Å². The molecule has 1 N–H and O–H groups in total. The summed E-state index contributed by atoms with van der Waals surface area (Å²) in [6.45, 7) is 6.15. The summed E-state index contributed by atoms with van der Waals surface area (Å²) in [6.07, 6.45) is 3.97. The third kappa shape index (κ3) is 3.57. The highest BCUT2D eigenvalue weighted by Crippen LogP contribution is 2.49. The molecular weight excluding hydrogens is 346 g/mol. The van der Waals surface area contributed by atoms with E-state index in [-0.39, 0.29) is 11.3 Å². The number of carbonyl (C=O) groups is 1. The summed E-state index contributed by atoms with van der Waals surface area (Å²) in [7, 11) is 4.17. The molecule has 0 atom stereocenters. The van der Waals surface area contributed by atoms with E-state index in [1.165, 1.54) is 16.6 Å². The van der Waals surface area contributed by atoms with Crippen LogP contribution in [0.1, 0.15) is 29.5 Å². The maximum Gasteiger partial charge on any atom is 0.235 e. The Hall–Kier alpha value is -2.59. The Kier molecular flexibility index (Phi) is 4.76. The topological polar surface area (TPSA) is 37.3 Å². The van der Waals surface area contributed by atoms with Gasteiger partial charge < -0.3 is 14.8 Å². The summed E-state index contributed by atoms with van der Waals surface area (Å²) >= 11 is 0. The molecule has 28 heavy (non-hydrogen) atoms. The quantitative estimate of drug-likeness (QED) is 0.689. The summed E-state index contributed by atoms with van der Waals surface area (Å²) < 4.78 is 2.26. The van der Waals surface area contributed by atoms with Crippen LogP contribution in [0.5, 0.6) is 0 Å². The molecule has 1 amide bonds. The van der Waals surface area contributed by atoms with Crippen LogP contribution in [0, 0.1) is 13.8 Å². The van der Waals surface area contributed by atoms with E-state index in [0.717, 1.165) is 42.6 Å². The van der Waals surface area contributed by atoms with Crippen LogP contribution >= 0.6 is 0 Å². The first-order valence-corrected chi connectivity index (χ1v) is 10.0. The number of likely N-dealkylation sites (N-methyl/N-ethyl adjacent to an activating group) is 1. The Bertz CT molecular complexity index is 1010. The van der Waals surface area contributed by atoms with Crippen molar-refractivity contribution in [1.29, 1.82) is 0 Å². The van der Waals surface area contributed by atoms with Crippen molar-refractivity contribution < 1.29 is 4.79 Å². The normalized spacial score (nSPS) is 15.2. The van der Waals surface area contributed by atoms with Gasteiger partial charge >= 0.3 is 0 Å². The first kappa shape index (κ1) is 18.8. The molecule has 0 bridgehead atoms.